The number of piperidine rings is 1. The zero-order valence-electron chi connectivity index (χ0n) is 11.5. The first kappa shape index (κ1) is 14.2. The van der Waals surface area contributed by atoms with Gasteiger partial charge < -0.3 is 10.2 Å². The molecule has 2 rings (SSSR count). The highest BCUT2D eigenvalue weighted by Crippen LogP contribution is 2.27. The van der Waals surface area contributed by atoms with Crippen molar-refractivity contribution in [1.82, 2.24) is 4.90 Å². The fourth-order valence-electron chi connectivity index (χ4n) is 2.68. The summed E-state index contributed by atoms with van der Waals surface area (Å²) in [6.45, 7) is 4.50. The Bertz CT molecular complexity index is 481. The third-order valence-electron chi connectivity index (χ3n) is 3.85. The smallest absolute Gasteiger partial charge is 0.0992 e. The molecule has 1 heterocycles. The summed E-state index contributed by atoms with van der Waals surface area (Å²) in [4.78, 5) is 2.37. The fourth-order valence-corrected chi connectivity index (χ4v) is 2.86. The Balaban J connectivity index is 2.06. The van der Waals surface area contributed by atoms with Crippen molar-refractivity contribution in [2.45, 2.75) is 25.8 Å². The van der Waals surface area contributed by atoms with Gasteiger partial charge in [-0.25, -0.2) is 0 Å². The Morgan fingerprint density at radius 1 is 1.53 bits per heavy atom. The lowest BCUT2D eigenvalue weighted by atomic mass is 9.91. The monoisotopic (exact) mass is 277 g/mol. The molecule has 2 unspecified atom stereocenters. The normalized spacial score (nSPS) is 21.7. The zero-order valence-corrected chi connectivity index (χ0v) is 12.2. The first-order valence-corrected chi connectivity index (χ1v) is 7.12. The van der Waals surface area contributed by atoms with E-state index in [9.17, 15) is 0 Å². The lowest BCUT2D eigenvalue weighted by Gasteiger charge is -2.34. The van der Waals surface area contributed by atoms with Crippen molar-refractivity contribution in [2.75, 3.05) is 25.5 Å². The second kappa shape index (κ2) is 6.27. The van der Waals surface area contributed by atoms with Gasteiger partial charge in [0.25, 0.3) is 0 Å². The van der Waals surface area contributed by atoms with Gasteiger partial charge in [-0.1, -0.05) is 11.6 Å². The molecule has 0 radical (unpaired) electrons. The van der Waals surface area contributed by atoms with Crippen LogP contribution in [0.3, 0.4) is 0 Å². The quantitative estimate of drug-likeness (QED) is 0.921. The predicted octanol–water partition coefficient (Wildman–Crippen LogP) is 3.35. The molecule has 0 bridgehead atoms. The Hall–Kier alpha value is -1.24. The summed E-state index contributed by atoms with van der Waals surface area (Å²) < 4.78 is 0. The van der Waals surface area contributed by atoms with Crippen LogP contribution in [0.2, 0.25) is 5.02 Å². The molecular weight excluding hydrogens is 258 g/mol. The van der Waals surface area contributed by atoms with Gasteiger partial charge in [0.2, 0.25) is 0 Å². The van der Waals surface area contributed by atoms with Gasteiger partial charge in [-0.3, -0.25) is 0 Å². The minimum absolute atomic E-state index is 0.356. The largest absolute Gasteiger partial charge is 0.381 e. The molecule has 0 saturated carbocycles. The van der Waals surface area contributed by atoms with Crippen LogP contribution in [0.5, 0.6) is 0 Å². The minimum Gasteiger partial charge on any atom is -0.381 e. The Morgan fingerprint density at radius 3 is 3.00 bits per heavy atom. The number of nitriles is 1. The van der Waals surface area contributed by atoms with Crippen LogP contribution >= 0.6 is 11.6 Å². The summed E-state index contributed by atoms with van der Waals surface area (Å²) in [6.07, 6.45) is 2.49. The molecule has 1 aliphatic rings. The summed E-state index contributed by atoms with van der Waals surface area (Å²) in [6, 6.07) is 7.85. The summed E-state index contributed by atoms with van der Waals surface area (Å²) in [7, 11) is 2.17. The number of nitrogens with zero attached hydrogens (tertiary/aromatic N) is 2. The van der Waals surface area contributed by atoms with Crippen molar-refractivity contribution < 1.29 is 0 Å². The van der Waals surface area contributed by atoms with Gasteiger partial charge in [0.15, 0.2) is 0 Å². The lowest BCUT2D eigenvalue weighted by molar-refractivity contribution is 0.197. The van der Waals surface area contributed by atoms with Crippen LogP contribution in [0.4, 0.5) is 5.69 Å². The highest BCUT2D eigenvalue weighted by atomic mass is 35.5. The Kier molecular flexibility index (Phi) is 4.68. The predicted molar refractivity (Wildman–Crippen MR) is 79.5 cm³/mol. The van der Waals surface area contributed by atoms with E-state index in [1.165, 1.54) is 19.4 Å². The van der Waals surface area contributed by atoms with E-state index >= 15 is 0 Å². The van der Waals surface area contributed by atoms with Crippen molar-refractivity contribution in [3.8, 4) is 6.07 Å². The minimum atomic E-state index is 0.356. The maximum absolute atomic E-state index is 8.94. The van der Waals surface area contributed by atoms with Crippen LogP contribution in [-0.2, 0) is 0 Å². The average Bonchev–Trinajstić information content (AvgIpc) is 2.41. The van der Waals surface area contributed by atoms with Crippen LogP contribution in [0.15, 0.2) is 18.2 Å². The number of benzene rings is 1. The van der Waals surface area contributed by atoms with Crippen LogP contribution in [0, 0.1) is 17.2 Å². The van der Waals surface area contributed by atoms with E-state index in [0.29, 0.717) is 22.5 Å². The van der Waals surface area contributed by atoms with Crippen molar-refractivity contribution in [1.29, 1.82) is 5.26 Å². The van der Waals surface area contributed by atoms with Gasteiger partial charge in [0.05, 0.1) is 22.3 Å². The molecule has 0 aliphatic carbocycles. The lowest BCUT2D eigenvalue weighted by Crippen LogP contribution is -2.39. The third-order valence-corrected chi connectivity index (χ3v) is 4.18. The van der Waals surface area contributed by atoms with E-state index in [2.05, 4.69) is 30.3 Å². The van der Waals surface area contributed by atoms with Crippen molar-refractivity contribution in [2.24, 2.45) is 5.92 Å². The molecule has 1 saturated heterocycles. The molecule has 2 atom stereocenters. The van der Waals surface area contributed by atoms with Gasteiger partial charge in [0, 0.05) is 12.6 Å². The zero-order chi connectivity index (χ0) is 13.8. The number of rotatable bonds is 3. The highest BCUT2D eigenvalue weighted by molar-refractivity contribution is 6.33. The summed E-state index contributed by atoms with van der Waals surface area (Å²) in [5.41, 5.74) is 1.50. The summed E-state index contributed by atoms with van der Waals surface area (Å²) in [5.74, 6) is 0.626. The molecule has 0 amide bonds. The topological polar surface area (TPSA) is 39.1 Å². The van der Waals surface area contributed by atoms with Gasteiger partial charge in [0.1, 0.15) is 0 Å². The SMILES string of the molecule is CC(Nc1cc(C#N)ccc1Cl)C1CCCN(C)C1. The highest BCUT2D eigenvalue weighted by Gasteiger charge is 2.23. The third kappa shape index (κ3) is 3.62. The number of anilines is 1. The Morgan fingerprint density at radius 2 is 2.32 bits per heavy atom. The number of nitrogens with one attached hydrogen (secondary N) is 1. The van der Waals surface area contributed by atoms with Gasteiger partial charge in [-0.05, 0) is 57.5 Å². The molecular formula is C15H20ClN3. The molecule has 1 N–H and O–H groups in total. The number of hydrogen-bond acceptors (Lipinski definition) is 3. The van der Waals surface area contributed by atoms with Crippen molar-refractivity contribution >= 4 is 17.3 Å². The standard InChI is InChI=1S/C15H20ClN3/c1-11(13-4-3-7-19(2)10-13)18-15-8-12(9-17)5-6-14(15)16/h5-6,8,11,13,18H,3-4,7,10H2,1-2H3. The molecule has 1 aliphatic heterocycles. The number of halogens is 1. The average molecular weight is 278 g/mol. The van der Waals surface area contributed by atoms with Crippen LogP contribution in [-0.4, -0.2) is 31.1 Å². The first-order valence-electron chi connectivity index (χ1n) is 6.75. The van der Waals surface area contributed by atoms with E-state index in [0.717, 1.165) is 12.2 Å². The van der Waals surface area contributed by atoms with Gasteiger partial charge in [-0.15, -0.1) is 0 Å². The molecule has 102 valence electrons. The second-order valence-corrected chi connectivity index (χ2v) is 5.81. The molecule has 1 aromatic rings. The van der Waals surface area contributed by atoms with E-state index in [-0.39, 0.29) is 0 Å². The van der Waals surface area contributed by atoms with Gasteiger partial charge in [-0.2, -0.15) is 5.26 Å². The summed E-state index contributed by atoms with van der Waals surface area (Å²) in [5, 5.41) is 13.1. The van der Waals surface area contributed by atoms with Crippen molar-refractivity contribution in [3.63, 3.8) is 0 Å². The first-order chi connectivity index (χ1) is 9.10. The Labute approximate surface area is 120 Å². The van der Waals surface area contributed by atoms with Crippen LogP contribution in [0.25, 0.3) is 0 Å². The van der Waals surface area contributed by atoms with Gasteiger partial charge >= 0.3 is 0 Å². The molecule has 19 heavy (non-hydrogen) atoms. The van der Waals surface area contributed by atoms with Crippen LogP contribution in [0.1, 0.15) is 25.3 Å². The molecule has 1 fully saturated rings. The van der Waals surface area contributed by atoms with E-state index < -0.39 is 0 Å². The maximum atomic E-state index is 8.94. The molecule has 1 aromatic carbocycles. The van der Waals surface area contributed by atoms with Crippen LogP contribution < -0.4 is 5.32 Å². The summed E-state index contributed by atoms with van der Waals surface area (Å²) >= 11 is 6.18. The molecule has 4 heteroatoms. The number of hydrogen-bond donors (Lipinski definition) is 1. The molecule has 0 spiro atoms. The fraction of sp³-hybridized carbons (Fsp3) is 0.533. The molecule has 3 nitrogen and oxygen atoms in total. The maximum Gasteiger partial charge on any atom is 0.0992 e. The van der Waals surface area contributed by atoms with E-state index in [4.69, 9.17) is 16.9 Å². The van der Waals surface area contributed by atoms with E-state index in [1.54, 1.807) is 12.1 Å². The van der Waals surface area contributed by atoms with E-state index in [1.807, 2.05) is 6.07 Å². The number of likely N-dealkylation sites (tertiary alicyclic amines) is 1. The second-order valence-electron chi connectivity index (χ2n) is 5.40. The van der Waals surface area contributed by atoms with Crippen molar-refractivity contribution in [3.05, 3.63) is 28.8 Å². The molecule has 0 aromatic heterocycles.